The molecule has 2 heterocycles. The van der Waals surface area contributed by atoms with E-state index in [-0.39, 0.29) is 0 Å². The summed E-state index contributed by atoms with van der Waals surface area (Å²) < 4.78 is 1.98. The first-order chi connectivity index (χ1) is 5.29. The minimum absolute atomic E-state index is 0.422. The van der Waals surface area contributed by atoms with Crippen LogP contribution in [0.4, 0.5) is 0 Å². The fraction of sp³-hybridized carbons (Fsp3) is 0.714. The van der Waals surface area contributed by atoms with Gasteiger partial charge in [-0.15, -0.1) is 5.10 Å². The van der Waals surface area contributed by atoms with E-state index in [0.717, 1.165) is 18.8 Å². The molecule has 0 fully saturated rings. The predicted molar refractivity (Wildman–Crippen MR) is 41.0 cm³/mol. The van der Waals surface area contributed by atoms with Gasteiger partial charge < -0.3 is 5.32 Å². The van der Waals surface area contributed by atoms with Crippen molar-refractivity contribution in [2.24, 2.45) is 0 Å². The Kier molecular flexibility index (Phi) is 1.42. The summed E-state index contributed by atoms with van der Waals surface area (Å²) >= 11 is 0. The number of rotatable bonds is 1. The van der Waals surface area contributed by atoms with Crippen molar-refractivity contribution in [1.82, 2.24) is 20.3 Å². The summed E-state index contributed by atoms with van der Waals surface area (Å²) in [5.41, 5.74) is 2.36. The van der Waals surface area contributed by atoms with E-state index >= 15 is 0 Å². The van der Waals surface area contributed by atoms with Crippen molar-refractivity contribution < 1.29 is 0 Å². The zero-order valence-electron chi connectivity index (χ0n) is 6.83. The van der Waals surface area contributed by atoms with Gasteiger partial charge in [-0.25, -0.2) is 4.68 Å². The second kappa shape index (κ2) is 2.30. The van der Waals surface area contributed by atoms with Gasteiger partial charge in [0.15, 0.2) is 0 Å². The fourth-order valence-corrected chi connectivity index (χ4v) is 1.38. The van der Waals surface area contributed by atoms with Crippen molar-refractivity contribution in [2.45, 2.75) is 33.0 Å². The molecule has 4 nitrogen and oxygen atoms in total. The molecule has 0 aromatic carbocycles. The molecule has 0 radical (unpaired) electrons. The number of hydrogen-bond donors (Lipinski definition) is 1. The molecular formula is C7H12N4. The molecule has 0 aliphatic carbocycles. The average molecular weight is 152 g/mol. The van der Waals surface area contributed by atoms with E-state index in [4.69, 9.17) is 0 Å². The maximum Gasteiger partial charge on any atom is 0.101 e. The van der Waals surface area contributed by atoms with E-state index in [1.54, 1.807) is 0 Å². The summed E-state index contributed by atoms with van der Waals surface area (Å²) in [6.45, 7) is 6.03. The molecule has 0 saturated heterocycles. The van der Waals surface area contributed by atoms with E-state index in [9.17, 15) is 0 Å². The average Bonchev–Trinajstić information content (AvgIpc) is 2.41. The van der Waals surface area contributed by atoms with Gasteiger partial charge in [-0.05, 0) is 13.8 Å². The molecule has 1 aromatic rings. The fourth-order valence-electron chi connectivity index (χ4n) is 1.38. The zero-order valence-corrected chi connectivity index (χ0v) is 6.83. The summed E-state index contributed by atoms with van der Waals surface area (Å²) in [5.74, 6) is 0. The SMILES string of the molecule is CC(C)n1nnc2c1CNC2. The number of hydrogen-bond acceptors (Lipinski definition) is 3. The van der Waals surface area contributed by atoms with Crippen LogP contribution < -0.4 is 5.32 Å². The Morgan fingerprint density at radius 1 is 1.45 bits per heavy atom. The molecule has 1 aliphatic heterocycles. The van der Waals surface area contributed by atoms with Crippen LogP contribution in [0.3, 0.4) is 0 Å². The Morgan fingerprint density at radius 3 is 3.00 bits per heavy atom. The van der Waals surface area contributed by atoms with Crippen LogP contribution in [0.2, 0.25) is 0 Å². The molecular weight excluding hydrogens is 140 g/mol. The minimum Gasteiger partial charge on any atom is -0.305 e. The van der Waals surface area contributed by atoms with Gasteiger partial charge in [0.25, 0.3) is 0 Å². The highest BCUT2D eigenvalue weighted by Gasteiger charge is 2.18. The minimum atomic E-state index is 0.422. The van der Waals surface area contributed by atoms with Crippen LogP contribution in [0, 0.1) is 0 Å². The van der Waals surface area contributed by atoms with E-state index < -0.39 is 0 Å². The lowest BCUT2D eigenvalue weighted by Gasteiger charge is -2.06. The van der Waals surface area contributed by atoms with Crippen molar-refractivity contribution in [1.29, 1.82) is 0 Å². The largest absolute Gasteiger partial charge is 0.305 e. The number of nitrogens with one attached hydrogen (secondary N) is 1. The third-order valence-electron chi connectivity index (χ3n) is 1.95. The van der Waals surface area contributed by atoms with Crippen LogP contribution in [0.5, 0.6) is 0 Å². The lowest BCUT2D eigenvalue weighted by atomic mass is 10.3. The highest BCUT2D eigenvalue weighted by atomic mass is 15.5. The van der Waals surface area contributed by atoms with Gasteiger partial charge in [0.05, 0.1) is 5.69 Å². The van der Waals surface area contributed by atoms with Gasteiger partial charge >= 0.3 is 0 Å². The predicted octanol–water partition coefficient (Wildman–Crippen LogP) is 0.462. The summed E-state index contributed by atoms with van der Waals surface area (Å²) in [7, 11) is 0. The third-order valence-corrected chi connectivity index (χ3v) is 1.95. The highest BCUT2D eigenvalue weighted by molar-refractivity contribution is 5.14. The Bertz CT molecular complexity index is 263. The molecule has 0 atom stereocenters. The molecule has 11 heavy (non-hydrogen) atoms. The summed E-state index contributed by atoms with van der Waals surface area (Å²) in [6, 6.07) is 0.422. The van der Waals surface area contributed by atoms with Crippen LogP contribution in [0.25, 0.3) is 0 Å². The topological polar surface area (TPSA) is 42.7 Å². The van der Waals surface area contributed by atoms with Crippen LogP contribution in [0.15, 0.2) is 0 Å². The van der Waals surface area contributed by atoms with Crippen molar-refractivity contribution in [3.8, 4) is 0 Å². The van der Waals surface area contributed by atoms with Gasteiger partial charge in [0.1, 0.15) is 5.69 Å². The van der Waals surface area contributed by atoms with Crippen molar-refractivity contribution in [2.75, 3.05) is 0 Å². The Morgan fingerprint density at radius 2 is 2.27 bits per heavy atom. The molecule has 0 bridgehead atoms. The van der Waals surface area contributed by atoms with E-state index in [0.29, 0.717) is 6.04 Å². The van der Waals surface area contributed by atoms with Gasteiger partial charge in [0.2, 0.25) is 0 Å². The Labute approximate surface area is 65.6 Å². The van der Waals surface area contributed by atoms with Crippen LogP contribution in [-0.2, 0) is 13.1 Å². The lowest BCUT2D eigenvalue weighted by Crippen LogP contribution is -2.11. The maximum atomic E-state index is 4.07. The van der Waals surface area contributed by atoms with Crippen LogP contribution in [0.1, 0.15) is 31.3 Å². The number of fused-ring (bicyclic) bond motifs is 1. The molecule has 1 N–H and O–H groups in total. The first kappa shape index (κ1) is 6.79. The van der Waals surface area contributed by atoms with Crippen LogP contribution >= 0.6 is 0 Å². The molecule has 4 heteroatoms. The van der Waals surface area contributed by atoms with E-state index in [1.165, 1.54) is 5.69 Å². The Balaban J connectivity index is 2.42. The summed E-state index contributed by atoms with van der Waals surface area (Å²) in [5, 5.41) is 11.4. The second-order valence-electron chi connectivity index (χ2n) is 3.12. The van der Waals surface area contributed by atoms with Gasteiger partial charge in [-0.3, -0.25) is 0 Å². The first-order valence-electron chi connectivity index (χ1n) is 3.92. The summed E-state index contributed by atoms with van der Waals surface area (Å²) in [6.07, 6.45) is 0. The normalized spacial score (nSPS) is 15.9. The van der Waals surface area contributed by atoms with Crippen molar-refractivity contribution >= 4 is 0 Å². The standard InChI is InChI=1S/C7H12N4/c1-5(2)11-7-4-8-3-6(7)9-10-11/h5,8H,3-4H2,1-2H3. The highest BCUT2D eigenvalue weighted by Crippen LogP contribution is 2.15. The molecule has 1 aromatic heterocycles. The lowest BCUT2D eigenvalue weighted by molar-refractivity contribution is 0.486. The second-order valence-corrected chi connectivity index (χ2v) is 3.12. The molecule has 0 unspecified atom stereocenters. The Hall–Kier alpha value is -0.900. The summed E-state index contributed by atoms with van der Waals surface area (Å²) in [4.78, 5) is 0. The van der Waals surface area contributed by atoms with Crippen molar-refractivity contribution in [3.63, 3.8) is 0 Å². The first-order valence-corrected chi connectivity index (χ1v) is 3.92. The number of nitrogens with zero attached hydrogens (tertiary/aromatic N) is 3. The molecule has 2 rings (SSSR count). The zero-order chi connectivity index (χ0) is 7.84. The molecule has 0 saturated carbocycles. The van der Waals surface area contributed by atoms with Gasteiger partial charge in [-0.1, -0.05) is 5.21 Å². The van der Waals surface area contributed by atoms with Gasteiger partial charge in [-0.2, -0.15) is 0 Å². The molecule has 0 amide bonds. The maximum absolute atomic E-state index is 4.07. The molecule has 1 aliphatic rings. The van der Waals surface area contributed by atoms with E-state index in [1.807, 2.05) is 4.68 Å². The monoisotopic (exact) mass is 152 g/mol. The molecule has 60 valence electrons. The number of aromatic nitrogens is 3. The van der Waals surface area contributed by atoms with Gasteiger partial charge in [0, 0.05) is 19.1 Å². The quantitative estimate of drug-likeness (QED) is 0.635. The van der Waals surface area contributed by atoms with E-state index in [2.05, 4.69) is 29.5 Å². The molecule has 0 spiro atoms. The smallest absolute Gasteiger partial charge is 0.101 e. The van der Waals surface area contributed by atoms with Crippen molar-refractivity contribution in [3.05, 3.63) is 11.4 Å². The third kappa shape index (κ3) is 0.939. The van der Waals surface area contributed by atoms with Crippen LogP contribution in [-0.4, -0.2) is 15.0 Å².